The lowest BCUT2D eigenvalue weighted by atomic mass is 9.72. The molecule has 33 heavy (non-hydrogen) atoms. The summed E-state index contributed by atoms with van der Waals surface area (Å²) in [5.41, 5.74) is 1.92. The minimum Gasteiger partial charge on any atom is -0.481 e. The Bertz CT molecular complexity index is 1050. The highest BCUT2D eigenvalue weighted by Gasteiger charge is 2.31. The van der Waals surface area contributed by atoms with Gasteiger partial charge in [0, 0.05) is 36.8 Å². The highest BCUT2D eigenvalue weighted by atomic mass is 16.4. The third-order valence-electron chi connectivity index (χ3n) is 7.42. The molecule has 2 aromatic heterocycles. The molecular weight excluding hydrogens is 414 g/mol. The van der Waals surface area contributed by atoms with Gasteiger partial charge in [-0.15, -0.1) is 0 Å². The highest BCUT2D eigenvalue weighted by Crippen LogP contribution is 2.39. The molecular formula is C26H31N5O2. The van der Waals surface area contributed by atoms with Crippen LogP contribution in [0.1, 0.15) is 44.9 Å². The maximum atomic E-state index is 11.0. The molecule has 7 heteroatoms. The molecule has 0 atom stereocenters. The molecule has 1 saturated heterocycles. The van der Waals surface area contributed by atoms with E-state index in [4.69, 9.17) is 10.1 Å². The van der Waals surface area contributed by atoms with Gasteiger partial charge in [-0.05, 0) is 68.4 Å². The number of nitrogens with zero attached hydrogens (tertiary/aromatic N) is 4. The van der Waals surface area contributed by atoms with Crippen LogP contribution in [-0.4, -0.2) is 44.3 Å². The van der Waals surface area contributed by atoms with E-state index in [9.17, 15) is 4.79 Å². The summed E-state index contributed by atoms with van der Waals surface area (Å²) >= 11 is 0. The molecule has 7 nitrogen and oxygen atoms in total. The van der Waals surface area contributed by atoms with Gasteiger partial charge < -0.3 is 10.0 Å². The summed E-state index contributed by atoms with van der Waals surface area (Å²) in [5, 5.41) is 16.4. The van der Waals surface area contributed by atoms with Crippen LogP contribution in [0.15, 0.2) is 48.7 Å². The summed E-state index contributed by atoms with van der Waals surface area (Å²) in [7, 11) is 0. The molecule has 2 N–H and O–H groups in total. The molecule has 1 aromatic carbocycles. The van der Waals surface area contributed by atoms with Crippen LogP contribution >= 0.6 is 0 Å². The lowest BCUT2D eigenvalue weighted by Crippen LogP contribution is -2.37. The number of carboxylic acid groups (broad SMARTS) is 1. The Kier molecular flexibility index (Phi) is 6.37. The summed E-state index contributed by atoms with van der Waals surface area (Å²) in [5.74, 6) is 3.69. The average Bonchev–Trinajstić information content (AvgIpc) is 3.36. The molecule has 0 spiro atoms. The topological polar surface area (TPSA) is 95.0 Å². The van der Waals surface area contributed by atoms with Gasteiger partial charge in [-0.3, -0.25) is 9.89 Å². The molecule has 1 aliphatic carbocycles. The van der Waals surface area contributed by atoms with Crippen molar-refractivity contribution in [1.82, 2.24) is 20.2 Å². The van der Waals surface area contributed by atoms with Crippen molar-refractivity contribution in [1.29, 1.82) is 0 Å². The van der Waals surface area contributed by atoms with Crippen molar-refractivity contribution in [3.63, 3.8) is 0 Å². The lowest BCUT2D eigenvalue weighted by molar-refractivity contribution is -0.138. The molecule has 172 valence electrons. The van der Waals surface area contributed by atoms with E-state index >= 15 is 0 Å². The van der Waals surface area contributed by atoms with Crippen molar-refractivity contribution in [2.75, 3.05) is 18.0 Å². The van der Waals surface area contributed by atoms with E-state index in [1.54, 1.807) is 0 Å². The van der Waals surface area contributed by atoms with Crippen molar-refractivity contribution >= 4 is 11.8 Å². The fraction of sp³-hybridized carbons (Fsp3) is 0.462. The fourth-order valence-corrected chi connectivity index (χ4v) is 5.53. The van der Waals surface area contributed by atoms with Gasteiger partial charge in [0.05, 0.1) is 0 Å². The Morgan fingerprint density at radius 1 is 0.939 bits per heavy atom. The van der Waals surface area contributed by atoms with Gasteiger partial charge in [0.25, 0.3) is 0 Å². The van der Waals surface area contributed by atoms with E-state index in [-0.39, 0.29) is 0 Å². The summed E-state index contributed by atoms with van der Waals surface area (Å²) in [6.07, 6.45) is 9.13. The molecule has 0 amide bonds. The standard InChI is InChI=1S/C26H31N5O2/c32-24(33)16-18-6-8-19(9-7-18)20-12-14-31(15-13-20)23-11-10-22(17-27-23)26-28-25(29-30-26)21-4-2-1-3-5-21/h1-5,10-11,17-20H,6-9,12-16H2,(H,32,33)(H,28,29,30). The summed E-state index contributed by atoms with van der Waals surface area (Å²) in [6, 6.07) is 14.1. The first-order valence-electron chi connectivity index (χ1n) is 12.1. The predicted molar refractivity (Wildman–Crippen MR) is 128 cm³/mol. The number of piperidine rings is 1. The van der Waals surface area contributed by atoms with E-state index in [0.29, 0.717) is 18.2 Å². The number of pyridine rings is 1. The number of benzene rings is 1. The van der Waals surface area contributed by atoms with Crippen LogP contribution in [-0.2, 0) is 4.79 Å². The first kappa shape index (κ1) is 21.6. The number of aromatic amines is 1. The Morgan fingerprint density at radius 2 is 1.67 bits per heavy atom. The molecule has 0 radical (unpaired) electrons. The van der Waals surface area contributed by atoms with E-state index in [0.717, 1.165) is 60.5 Å². The largest absolute Gasteiger partial charge is 0.481 e. The van der Waals surface area contributed by atoms with Gasteiger partial charge in [-0.2, -0.15) is 5.10 Å². The molecule has 1 saturated carbocycles. The average molecular weight is 446 g/mol. The Labute approximate surface area is 194 Å². The molecule has 5 rings (SSSR count). The maximum absolute atomic E-state index is 11.0. The van der Waals surface area contributed by atoms with Crippen LogP contribution in [0, 0.1) is 17.8 Å². The zero-order valence-corrected chi connectivity index (χ0v) is 18.9. The second-order valence-corrected chi connectivity index (χ2v) is 9.48. The number of nitrogens with one attached hydrogen (secondary N) is 1. The smallest absolute Gasteiger partial charge is 0.303 e. The summed E-state index contributed by atoms with van der Waals surface area (Å²) in [6.45, 7) is 2.07. The number of rotatable bonds is 6. The second kappa shape index (κ2) is 9.73. The zero-order valence-electron chi connectivity index (χ0n) is 18.9. The number of carboxylic acids is 1. The van der Waals surface area contributed by atoms with E-state index in [1.165, 1.54) is 25.7 Å². The fourth-order valence-electron chi connectivity index (χ4n) is 5.53. The minimum atomic E-state index is -0.648. The van der Waals surface area contributed by atoms with Gasteiger partial charge in [0.1, 0.15) is 5.82 Å². The molecule has 2 fully saturated rings. The SMILES string of the molecule is O=C(O)CC1CCC(C2CCN(c3ccc(-c4n[nH]c(-c5ccccc5)n4)cn3)CC2)CC1. The van der Waals surface area contributed by atoms with Crippen molar-refractivity contribution in [3.8, 4) is 22.8 Å². The predicted octanol–water partition coefficient (Wildman–Crippen LogP) is 5.03. The van der Waals surface area contributed by atoms with E-state index < -0.39 is 5.97 Å². The molecule has 3 heterocycles. The van der Waals surface area contributed by atoms with Gasteiger partial charge in [0.15, 0.2) is 11.6 Å². The summed E-state index contributed by atoms with van der Waals surface area (Å²) < 4.78 is 0. The van der Waals surface area contributed by atoms with Crippen molar-refractivity contribution in [3.05, 3.63) is 48.7 Å². The molecule has 0 unspecified atom stereocenters. The zero-order chi connectivity index (χ0) is 22.6. The van der Waals surface area contributed by atoms with Gasteiger partial charge in [-0.25, -0.2) is 9.97 Å². The minimum absolute atomic E-state index is 0.341. The van der Waals surface area contributed by atoms with Crippen molar-refractivity contribution < 1.29 is 9.90 Å². The molecule has 3 aromatic rings. The van der Waals surface area contributed by atoms with Gasteiger partial charge >= 0.3 is 5.97 Å². The number of H-pyrrole nitrogens is 1. The lowest BCUT2D eigenvalue weighted by Gasteiger charge is -2.39. The van der Waals surface area contributed by atoms with Crippen molar-refractivity contribution in [2.24, 2.45) is 17.8 Å². The molecule has 2 aliphatic rings. The maximum Gasteiger partial charge on any atom is 0.303 e. The third kappa shape index (κ3) is 5.07. The number of aromatic nitrogens is 4. The second-order valence-electron chi connectivity index (χ2n) is 9.48. The monoisotopic (exact) mass is 445 g/mol. The normalized spacial score (nSPS) is 21.8. The number of hydrogen-bond acceptors (Lipinski definition) is 5. The van der Waals surface area contributed by atoms with Crippen LogP contribution < -0.4 is 4.90 Å². The number of anilines is 1. The van der Waals surface area contributed by atoms with Crippen LogP contribution in [0.2, 0.25) is 0 Å². The Balaban J connectivity index is 1.15. The Morgan fingerprint density at radius 3 is 2.33 bits per heavy atom. The number of hydrogen-bond donors (Lipinski definition) is 2. The summed E-state index contributed by atoms with van der Waals surface area (Å²) in [4.78, 5) is 22.7. The molecule has 0 bridgehead atoms. The number of carbonyl (C=O) groups is 1. The Hall–Kier alpha value is -3.22. The quantitative estimate of drug-likeness (QED) is 0.552. The first-order valence-corrected chi connectivity index (χ1v) is 12.1. The van der Waals surface area contributed by atoms with Crippen LogP contribution in [0.3, 0.4) is 0 Å². The highest BCUT2D eigenvalue weighted by molar-refractivity contribution is 5.67. The van der Waals surface area contributed by atoms with E-state index in [1.807, 2.05) is 36.5 Å². The van der Waals surface area contributed by atoms with E-state index in [2.05, 4.69) is 32.2 Å². The van der Waals surface area contributed by atoms with Crippen LogP contribution in [0.4, 0.5) is 5.82 Å². The van der Waals surface area contributed by atoms with Gasteiger partial charge in [0.2, 0.25) is 0 Å². The third-order valence-corrected chi connectivity index (χ3v) is 7.42. The van der Waals surface area contributed by atoms with Crippen LogP contribution in [0.25, 0.3) is 22.8 Å². The molecule has 1 aliphatic heterocycles. The first-order chi connectivity index (χ1) is 16.2. The van der Waals surface area contributed by atoms with Crippen molar-refractivity contribution in [2.45, 2.75) is 44.9 Å². The van der Waals surface area contributed by atoms with Gasteiger partial charge in [-0.1, -0.05) is 30.3 Å². The van der Waals surface area contributed by atoms with Crippen LogP contribution in [0.5, 0.6) is 0 Å². The number of aliphatic carboxylic acids is 1.